The molecule has 1 amide bonds. The zero-order chi connectivity index (χ0) is 16.4. The molecule has 1 fully saturated rings. The van der Waals surface area contributed by atoms with Gasteiger partial charge in [0, 0.05) is 5.41 Å². The minimum atomic E-state index is -0.0900. The molecule has 0 aliphatic heterocycles. The highest BCUT2D eigenvalue weighted by Gasteiger charge is 2.55. The SMILES string of the molecule is CC(=NNC(=O)C1CC1(C)c1ccccc1)c1ccc(O)cc1. The van der Waals surface area contributed by atoms with Gasteiger partial charge in [-0.1, -0.05) is 37.3 Å². The van der Waals surface area contributed by atoms with Crippen LogP contribution in [0.3, 0.4) is 0 Å². The minimum Gasteiger partial charge on any atom is -0.508 e. The summed E-state index contributed by atoms with van der Waals surface area (Å²) in [6.07, 6.45) is 0.844. The summed E-state index contributed by atoms with van der Waals surface area (Å²) in [6.45, 7) is 3.94. The smallest absolute Gasteiger partial charge is 0.244 e. The molecule has 2 aromatic rings. The monoisotopic (exact) mass is 308 g/mol. The van der Waals surface area contributed by atoms with E-state index in [1.54, 1.807) is 24.3 Å². The Labute approximate surface area is 135 Å². The molecule has 1 saturated carbocycles. The van der Waals surface area contributed by atoms with Crippen LogP contribution in [0.15, 0.2) is 59.7 Å². The molecule has 4 nitrogen and oxygen atoms in total. The molecular formula is C19H20N2O2. The maximum absolute atomic E-state index is 12.3. The number of benzene rings is 2. The number of aromatic hydroxyl groups is 1. The van der Waals surface area contributed by atoms with Gasteiger partial charge in [-0.3, -0.25) is 4.79 Å². The summed E-state index contributed by atoms with van der Waals surface area (Å²) in [5.74, 6) is 0.123. The fraction of sp³-hybridized carbons (Fsp3) is 0.263. The second-order valence-electron chi connectivity index (χ2n) is 6.26. The Morgan fingerprint density at radius 1 is 1.17 bits per heavy atom. The molecule has 2 N–H and O–H groups in total. The summed E-state index contributed by atoms with van der Waals surface area (Å²) in [7, 11) is 0. The molecule has 0 spiro atoms. The van der Waals surface area contributed by atoms with Crippen LogP contribution in [-0.2, 0) is 10.2 Å². The first kappa shape index (κ1) is 15.3. The third-order valence-electron chi connectivity index (χ3n) is 4.61. The normalized spacial score (nSPS) is 23.4. The lowest BCUT2D eigenvalue weighted by molar-refractivity contribution is -0.122. The molecule has 0 bridgehead atoms. The molecule has 2 atom stereocenters. The number of hydrogen-bond donors (Lipinski definition) is 2. The van der Waals surface area contributed by atoms with Gasteiger partial charge in [0.1, 0.15) is 5.75 Å². The van der Waals surface area contributed by atoms with Gasteiger partial charge in [-0.25, -0.2) is 5.43 Å². The number of nitrogens with one attached hydrogen (secondary N) is 1. The lowest BCUT2D eigenvalue weighted by atomic mass is 9.95. The van der Waals surface area contributed by atoms with Gasteiger partial charge in [-0.15, -0.1) is 0 Å². The quantitative estimate of drug-likeness (QED) is 0.673. The average molecular weight is 308 g/mol. The number of nitrogens with zero attached hydrogens (tertiary/aromatic N) is 1. The van der Waals surface area contributed by atoms with Gasteiger partial charge in [-0.2, -0.15) is 5.10 Å². The van der Waals surface area contributed by atoms with E-state index in [-0.39, 0.29) is 23.0 Å². The second kappa shape index (κ2) is 5.88. The Balaban J connectivity index is 1.65. The van der Waals surface area contributed by atoms with Gasteiger partial charge in [0.05, 0.1) is 11.6 Å². The van der Waals surface area contributed by atoms with Crippen LogP contribution in [-0.4, -0.2) is 16.7 Å². The van der Waals surface area contributed by atoms with E-state index in [4.69, 9.17) is 0 Å². The third kappa shape index (κ3) is 3.11. The van der Waals surface area contributed by atoms with E-state index in [1.165, 1.54) is 5.56 Å². The maximum atomic E-state index is 12.3. The van der Waals surface area contributed by atoms with Crippen molar-refractivity contribution < 1.29 is 9.90 Å². The van der Waals surface area contributed by atoms with Crippen molar-refractivity contribution in [3.63, 3.8) is 0 Å². The van der Waals surface area contributed by atoms with Crippen LogP contribution in [0.2, 0.25) is 0 Å². The predicted molar refractivity (Wildman–Crippen MR) is 90.4 cm³/mol. The zero-order valence-corrected chi connectivity index (χ0v) is 13.3. The van der Waals surface area contributed by atoms with Crippen molar-refractivity contribution in [3.05, 3.63) is 65.7 Å². The van der Waals surface area contributed by atoms with Crippen molar-refractivity contribution >= 4 is 11.6 Å². The summed E-state index contributed by atoms with van der Waals surface area (Å²) in [5, 5.41) is 13.5. The Morgan fingerprint density at radius 3 is 2.48 bits per heavy atom. The Morgan fingerprint density at radius 2 is 1.83 bits per heavy atom. The molecule has 2 aromatic carbocycles. The molecule has 0 saturated heterocycles. The van der Waals surface area contributed by atoms with Gasteiger partial charge >= 0.3 is 0 Å². The van der Waals surface area contributed by atoms with Crippen LogP contribution < -0.4 is 5.43 Å². The van der Waals surface area contributed by atoms with Gasteiger partial charge in [0.2, 0.25) is 5.91 Å². The van der Waals surface area contributed by atoms with Gasteiger partial charge in [-0.05, 0) is 48.7 Å². The molecule has 2 unspecified atom stereocenters. The first-order chi connectivity index (χ1) is 11.0. The van der Waals surface area contributed by atoms with Crippen molar-refractivity contribution in [2.24, 2.45) is 11.0 Å². The number of phenolic OH excluding ortho intramolecular Hbond substituents is 1. The summed E-state index contributed by atoms with van der Waals surface area (Å²) >= 11 is 0. The third-order valence-corrected chi connectivity index (χ3v) is 4.61. The number of phenols is 1. The number of carbonyl (C=O) groups excluding carboxylic acids is 1. The van der Waals surface area contributed by atoms with Gasteiger partial charge < -0.3 is 5.11 Å². The molecular weight excluding hydrogens is 288 g/mol. The second-order valence-corrected chi connectivity index (χ2v) is 6.26. The van der Waals surface area contributed by atoms with Crippen LogP contribution in [0.5, 0.6) is 5.75 Å². The number of carbonyl (C=O) groups is 1. The fourth-order valence-corrected chi connectivity index (χ4v) is 2.87. The topological polar surface area (TPSA) is 61.7 Å². The van der Waals surface area contributed by atoms with Gasteiger partial charge in [0.25, 0.3) is 0 Å². The molecule has 1 aliphatic rings. The van der Waals surface area contributed by atoms with Crippen molar-refractivity contribution in [3.8, 4) is 5.75 Å². The van der Waals surface area contributed by atoms with Crippen LogP contribution in [0.4, 0.5) is 0 Å². The van der Waals surface area contributed by atoms with Gasteiger partial charge in [0.15, 0.2) is 0 Å². The van der Waals surface area contributed by atoms with E-state index < -0.39 is 0 Å². The standard InChI is InChI=1S/C19H20N2O2/c1-13(14-8-10-16(22)11-9-14)20-21-18(23)17-12-19(17,2)15-6-4-3-5-7-15/h3-11,17,22H,12H2,1-2H3,(H,21,23). The molecule has 1 aliphatic carbocycles. The fourth-order valence-electron chi connectivity index (χ4n) is 2.87. The summed E-state index contributed by atoms with van der Waals surface area (Å²) in [5.41, 5.74) is 5.35. The van der Waals surface area contributed by atoms with E-state index >= 15 is 0 Å². The molecule has 3 rings (SSSR count). The van der Waals surface area contributed by atoms with Crippen molar-refractivity contribution in [1.82, 2.24) is 5.43 Å². The number of hydrogen-bond acceptors (Lipinski definition) is 3. The minimum absolute atomic E-state index is 0.0405. The van der Waals surface area contributed by atoms with Crippen molar-refractivity contribution in [2.45, 2.75) is 25.7 Å². The number of hydrazone groups is 1. The van der Waals surface area contributed by atoms with E-state index in [0.29, 0.717) is 5.71 Å². The van der Waals surface area contributed by atoms with E-state index in [2.05, 4.69) is 29.6 Å². The van der Waals surface area contributed by atoms with Crippen LogP contribution >= 0.6 is 0 Å². The van der Waals surface area contributed by atoms with E-state index in [1.807, 2.05) is 25.1 Å². The highest BCUT2D eigenvalue weighted by Crippen LogP contribution is 2.53. The summed E-state index contributed by atoms with van der Waals surface area (Å²) in [6, 6.07) is 16.9. The van der Waals surface area contributed by atoms with Crippen LogP contribution in [0.25, 0.3) is 0 Å². The molecule has 4 heteroatoms. The molecule has 0 heterocycles. The van der Waals surface area contributed by atoms with Crippen LogP contribution in [0.1, 0.15) is 31.4 Å². The Kier molecular flexibility index (Phi) is 3.90. The molecule has 118 valence electrons. The zero-order valence-electron chi connectivity index (χ0n) is 13.3. The first-order valence-electron chi connectivity index (χ1n) is 7.70. The lowest BCUT2D eigenvalue weighted by Crippen LogP contribution is -2.24. The average Bonchev–Trinajstić information content (AvgIpc) is 3.27. The van der Waals surface area contributed by atoms with Crippen molar-refractivity contribution in [2.75, 3.05) is 0 Å². The molecule has 23 heavy (non-hydrogen) atoms. The highest BCUT2D eigenvalue weighted by molar-refractivity contribution is 5.99. The maximum Gasteiger partial charge on any atom is 0.244 e. The highest BCUT2D eigenvalue weighted by atomic mass is 16.3. The summed E-state index contributed by atoms with van der Waals surface area (Å²) < 4.78 is 0. The number of rotatable bonds is 4. The van der Waals surface area contributed by atoms with E-state index in [9.17, 15) is 9.90 Å². The largest absolute Gasteiger partial charge is 0.508 e. The Bertz CT molecular complexity index is 738. The van der Waals surface area contributed by atoms with E-state index in [0.717, 1.165) is 12.0 Å². The molecule has 0 radical (unpaired) electrons. The first-order valence-corrected chi connectivity index (χ1v) is 7.70. The van der Waals surface area contributed by atoms with Crippen LogP contribution in [0, 0.1) is 5.92 Å². The predicted octanol–water partition coefficient (Wildman–Crippen LogP) is 3.21. The lowest BCUT2D eigenvalue weighted by Gasteiger charge is -2.11. The Hall–Kier alpha value is -2.62. The number of amides is 1. The molecule has 0 aromatic heterocycles. The summed E-state index contributed by atoms with van der Waals surface area (Å²) in [4.78, 5) is 12.3. The van der Waals surface area contributed by atoms with Crippen molar-refractivity contribution in [1.29, 1.82) is 0 Å².